The summed E-state index contributed by atoms with van der Waals surface area (Å²) in [6, 6.07) is 4.19. The van der Waals surface area contributed by atoms with Gasteiger partial charge in [-0.15, -0.1) is 0 Å². The van der Waals surface area contributed by atoms with Crippen molar-refractivity contribution in [1.29, 1.82) is 0 Å². The van der Waals surface area contributed by atoms with E-state index in [1.807, 2.05) is 0 Å². The largest absolute Gasteiger partial charge is 0.465 e. The van der Waals surface area contributed by atoms with E-state index in [-0.39, 0.29) is 19.2 Å². The summed E-state index contributed by atoms with van der Waals surface area (Å²) in [4.78, 5) is 27.4. The minimum atomic E-state index is -5.09. The number of rotatable bonds is 3. The van der Waals surface area contributed by atoms with Crippen LogP contribution in [0.2, 0.25) is 0 Å². The zero-order valence-corrected chi connectivity index (χ0v) is 18.4. The van der Waals surface area contributed by atoms with E-state index in [0.717, 1.165) is 29.0 Å². The predicted octanol–water partition coefficient (Wildman–Crippen LogP) is 5.50. The summed E-state index contributed by atoms with van der Waals surface area (Å²) >= 11 is 0. The fourth-order valence-electron chi connectivity index (χ4n) is 3.99. The highest BCUT2D eigenvalue weighted by Gasteiger charge is 2.42. The smallest absolute Gasteiger partial charge is 0.416 e. The Morgan fingerprint density at radius 3 is 1.89 bits per heavy atom. The zero-order valence-electron chi connectivity index (χ0n) is 18.4. The van der Waals surface area contributed by atoms with E-state index in [9.17, 15) is 45.4 Å². The fourth-order valence-corrected chi connectivity index (χ4v) is 3.99. The molecule has 1 aliphatic heterocycles. The topological polar surface area (TPSA) is 64.1 Å². The molecule has 2 aromatic carbocycles. The Morgan fingerprint density at radius 2 is 1.43 bits per heavy atom. The third kappa shape index (κ3) is 5.60. The Kier molecular flexibility index (Phi) is 6.91. The molecule has 13 heteroatoms. The molecule has 0 radical (unpaired) electrons. The SMILES string of the molecule is CN(C(=O)N(C)C1CN(C(=O)O)C[C@H]1c1ccc(F)cc1)c1cc(C(F)(F)F)cc(C(F)(F)F)c1. The number of carbonyl (C=O) groups excluding carboxylic acids is 1. The van der Waals surface area contributed by atoms with E-state index in [1.165, 1.54) is 19.2 Å². The van der Waals surface area contributed by atoms with E-state index >= 15 is 0 Å². The Balaban J connectivity index is 1.95. The number of nitrogens with zero attached hydrogens (tertiary/aromatic N) is 3. The third-order valence-corrected chi connectivity index (χ3v) is 5.90. The average molecular weight is 507 g/mol. The average Bonchev–Trinajstić information content (AvgIpc) is 3.22. The number of hydrogen-bond acceptors (Lipinski definition) is 2. The van der Waals surface area contributed by atoms with Crippen LogP contribution in [0.3, 0.4) is 0 Å². The number of halogens is 7. The quantitative estimate of drug-likeness (QED) is 0.559. The van der Waals surface area contributed by atoms with Gasteiger partial charge in [0.1, 0.15) is 5.82 Å². The molecule has 1 N–H and O–H groups in total. The van der Waals surface area contributed by atoms with Crippen molar-refractivity contribution in [2.24, 2.45) is 0 Å². The van der Waals surface area contributed by atoms with Gasteiger partial charge in [-0.1, -0.05) is 12.1 Å². The van der Waals surface area contributed by atoms with E-state index in [0.29, 0.717) is 22.6 Å². The summed E-state index contributed by atoms with van der Waals surface area (Å²) in [7, 11) is 2.29. The van der Waals surface area contributed by atoms with Gasteiger partial charge >= 0.3 is 24.5 Å². The maximum atomic E-state index is 13.4. The first-order valence-corrected chi connectivity index (χ1v) is 10.1. The van der Waals surface area contributed by atoms with Crippen LogP contribution in [0.4, 0.5) is 46.0 Å². The summed E-state index contributed by atoms with van der Waals surface area (Å²) in [6.07, 6.45) is -11.5. The van der Waals surface area contributed by atoms with E-state index in [4.69, 9.17) is 0 Å². The van der Waals surface area contributed by atoms with Crippen molar-refractivity contribution >= 4 is 17.8 Å². The van der Waals surface area contributed by atoms with Crippen molar-refractivity contribution in [2.75, 3.05) is 32.1 Å². The number of hydrogen-bond donors (Lipinski definition) is 1. The second kappa shape index (κ2) is 9.27. The fraction of sp³-hybridized carbons (Fsp3) is 0.364. The second-order valence-corrected chi connectivity index (χ2v) is 8.13. The predicted molar refractivity (Wildman–Crippen MR) is 111 cm³/mol. The molecule has 0 spiro atoms. The molecule has 35 heavy (non-hydrogen) atoms. The van der Waals surface area contributed by atoms with Crippen LogP contribution in [0.15, 0.2) is 42.5 Å². The lowest BCUT2D eigenvalue weighted by Crippen LogP contribution is -2.47. The van der Waals surface area contributed by atoms with Gasteiger partial charge in [-0.25, -0.2) is 14.0 Å². The molecule has 6 nitrogen and oxygen atoms in total. The van der Waals surface area contributed by atoms with Crippen LogP contribution in [0.5, 0.6) is 0 Å². The molecule has 1 saturated heterocycles. The molecule has 1 heterocycles. The summed E-state index contributed by atoms with van der Waals surface area (Å²) in [5.74, 6) is -1.14. The Bertz CT molecular complexity index is 1070. The van der Waals surface area contributed by atoms with E-state index in [1.54, 1.807) is 0 Å². The molecular weight excluding hydrogens is 487 g/mol. The summed E-state index contributed by atoms with van der Waals surface area (Å²) < 4.78 is 92.7. The normalized spacial score (nSPS) is 18.5. The van der Waals surface area contributed by atoms with Crippen molar-refractivity contribution in [3.8, 4) is 0 Å². The molecular formula is C22H20F7N3O3. The number of carboxylic acid groups (broad SMARTS) is 1. The van der Waals surface area contributed by atoms with Gasteiger partial charge in [-0.3, -0.25) is 4.90 Å². The summed E-state index contributed by atoms with van der Waals surface area (Å²) in [5.41, 5.74) is -3.28. The highest BCUT2D eigenvalue weighted by Crippen LogP contribution is 2.39. The highest BCUT2D eigenvalue weighted by atomic mass is 19.4. The van der Waals surface area contributed by atoms with Crippen molar-refractivity contribution in [3.63, 3.8) is 0 Å². The van der Waals surface area contributed by atoms with Crippen LogP contribution in [0.1, 0.15) is 22.6 Å². The van der Waals surface area contributed by atoms with Gasteiger partial charge in [0.05, 0.1) is 17.2 Å². The Morgan fingerprint density at radius 1 is 0.914 bits per heavy atom. The number of likely N-dealkylation sites (tertiary alicyclic amines) is 1. The number of anilines is 1. The zero-order chi connectivity index (χ0) is 26.3. The van der Waals surface area contributed by atoms with Crippen LogP contribution < -0.4 is 4.90 Å². The maximum Gasteiger partial charge on any atom is 0.416 e. The van der Waals surface area contributed by atoms with Crippen LogP contribution in [-0.4, -0.2) is 60.3 Å². The Labute approximate surface area is 195 Å². The minimum absolute atomic E-state index is 0.0438. The van der Waals surface area contributed by atoms with Crippen molar-refractivity contribution in [3.05, 3.63) is 65.0 Å². The van der Waals surface area contributed by atoms with Gasteiger partial charge in [-0.2, -0.15) is 26.3 Å². The molecule has 2 aromatic rings. The molecule has 1 aliphatic rings. The lowest BCUT2D eigenvalue weighted by atomic mass is 9.93. The van der Waals surface area contributed by atoms with Gasteiger partial charge < -0.3 is 14.9 Å². The summed E-state index contributed by atoms with van der Waals surface area (Å²) in [6.45, 7) is -0.210. The van der Waals surface area contributed by atoms with Gasteiger partial charge in [0, 0.05) is 38.8 Å². The van der Waals surface area contributed by atoms with Crippen LogP contribution in [-0.2, 0) is 12.4 Å². The number of alkyl halides is 6. The molecule has 1 unspecified atom stereocenters. The van der Waals surface area contributed by atoms with Gasteiger partial charge in [0.2, 0.25) is 0 Å². The monoisotopic (exact) mass is 507 g/mol. The first-order chi connectivity index (χ1) is 16.1. The number of carbonyl (C=O) groups is 2. The van der Waals surface area contributed by atoms with Gasteiger partial charge in [0.15, 0.2) is 0 Å². The number of urea groups is 1. The molecule has 0 aliphatic carbocycles. The maximum absolute atomic E-state index is 13.4. The minimum Gasteiger partial charge on any atom is -0.465 e. The van der Waals surface area contributed by atoms with E-state index in [2.05, 4.69) is 0 Å². The van der Waals surface area contributed by atoms with Crippen molar-refractivity contribution in [1.82, 2.24) is 9.80 Å². The molecule has 3 amide bonds. The Hall–Kier alpha value is -3.51. The first-order valence-electron chi connectivity index (χ1n) is 10.1. The first kappa shape index (κ1) is 26.1. The lowest BCUT2D eigenvalue weighted by Gasteiger charge is -2.33. The summed E-state index contributed by atoms with van der Waals surface area (Å²) in [5, 5.41) is 9.40. The molecule has 1 fully saturated rings. The molecule has 0 bridgehead atoms. The highest BCUT2D eigenvalue weighted by molar-refractivity contribution is 5.92. The van der Waals surface area contributed by atoms with Crippen molar-refractivity contribution in [2.45, 2.75) is 24.3 Å². The van der Waals surface area contributed by atoms with Gasteiger partial charge in [0.25, 0.3) is 0 Å². The number of likely N-dealkylation sites (N-methyl/N-ethyl adjacent to an activating group) is 1. The van der Waals surface area contributed by atoms with Crippen LogP contribution >= 0.6 is 0 Å². The van der Waals surface area contributed by atoms with Crippen LogP contribution in [0, 0.1) is 5.82 Å². The molecule has 0 saturated carbocycles. The number of benzene rings is 2. The molecule has 190 valence electrons. The second-order valence-electron chi connectivity index (χ2n) is 8.13. The van der Waals surface area contributed by atoms with Gasteiger partial charge in [-0.05, 0) is 35.9 Å². The van der Waals surface area contributed by atoms with Crippen molar-refractivity contribution < 1.29 is 45.4 Å². The number of amides is 3. The molecule has 2 atom stereocenters. The standard InChI is InChI=1S/C22H20F7N3O3/c1-30(16-8-13(21(24,25)26)7-14(9-16)22(27,28)29)19(33)31(2)18-11-32(20(34)35)10-17(18)12-3-5-15(23)6-4-12/h3-9,17-18H,10-11H2,1-2H3,(H,34,35)/t17-,18?/m0/s1. The molecule has 3 rings (SSSR count). The molecule has 0 aromatic heterocycles. The lowest BCUT2D eigenvalue weighted by molar-refractivity contribution is -0.143. The third-order valence-electron chi connectivity index (χ3n) is 5.90. The van der Waals surface area contributed by atoms with E-state index < -0.39 is 59.1 Å². The van der Waals surface area contributed by atoms with Crippen LogP contribution in [0.25, 0.3) is 0 Å².